The molecule has 2 heteroatoms. The fourth-order valence-electron chi connectivity index (χ4n) is 4.19. The van der Waals surface area contributed by atoms with E-state index in [-0.39, 0.29) is 0 Å². The van der Waals surface area contributed by atoms with Gasteiger partial charge in [0.15, 0.2) is 0 Å². The van der Waals surface area contributed by atoms with Crippen molar-refractivity contribution in [2.45, 2.75) is 46.1 Å². The maximum atomic E-state index is 2.49. The summed E-state index contributed by atoms with van der Waals surface area (Å²) in [5.74, 6) is 0. The van der Waals surface area contributed by atoms with Crippen LogP contribution in [0.25, 0.3) is 0 Å². The van der Waals surface area contributed by atoms with E-state index in [0.717, 1.165) is 11.0 Å². The number of benzene rings is 3. The summed E-state index contributed by atoms with van der Waals surface area (Å²) in [7, 11) is 1.92. The number of hydrogen-bond donors (Lipinski definition) is 0. The second-order valence-corrected chi connectivity index (χ2v) is 10.8. The summed E-state index contributed by atoms with van der Waals surface area (Å²) in [6, 6.07) is 31.5. The van der Waals surface area contributed by atoms with Gasteiger partial charge in [-0.3, -0.25) is 0 Å². The van der Waals surface area contributed by atoms with Gasteiger partial charge in [0.05, 0.1) is 20.1 Å². The molecular weight excluding hydrogens is 381 g/mol. The average molecular weight is 419 g/mol. The lowest BCUT2D eigenvalue weighted by Crippen LogP contribution is -2.44. The van der Waals surface area contributed by atoms with Crippen LogP contribution in [0.4, 0.5) is 0 Å². The first kappa shape index (κ1) is 22.7. The minimum atomic E-state index is -0.533. The first-order valence-corrected chi connectivity index (χ1v) is 12.8. The molecule has 0 spiro atoms. The molecule has 0 aromatic heterocycles. The number of quaternary nitrogens is 1. The molecule has 0 bridgehead atoms. The average Bonchev–Trinajstić information content (AvgIpc) is 2.78. The Morgan fingerprint density at radius 2 is 1.13 bits per heavy atom. The fourth-order valence-corrected chi connectivity index (χ4v) is 6.55. The van der Waals surface area contributed by atoms with Gasteiger partial charge in [0, 0.05) is 5.56 Å². The van der Waals surface area contributed by atoms with Crippen molar-refractivity contribution in [1.29, 1.82) is 0 Å². The van der Waals surface area contributed by atoms with E-state index in [1.54, 1.807) is 0 Å². The third kappa shape index (κ3) is 6.27. The summed E-state index contributed by atoms with van der Waals surface area (Å²) in [6.45, 7) is 8.27. The standard InChI is InChI=1S/C28H37NP/c1-4-6-21-29(3,22-7-5-2)24-25-15-14-20-28(23-25)30(26-16-10-8-11-17-26)27-18-12-9-13-19-27/h8-20,23H,4-7,21-22,24H2,1-3H3/q+1. The first-order chi connectivity index (χ1) is 14.6. The molecule has 0 unspecified atom stereocenters. The maximum absolute atomic E-state index is 2.49. The lowest BCUT2D eigenvalue weighted by Gasteiger charge is -2.35. The molecule has 3 rings (SSSR count). The van der Waals surface area contributed by atoms with Crippen molar-refractivity contribution in [2.24, 2.45) is 0 Å². The highest BCUT2D eigenvalue weighted by atomic mass is 31.1. The van der Waals surface area contributed by atoms with Crippen molar-refractivity contribution in [2.75, 3.05) is 20.1 Å². The summed E-state index contributed by atoms with van der Waals surface area (Å²) in [5.41, 5.74) is 1.47. The van der Waals surface area contributed by atoms with E-state index in [4.69, 9.17) is 0 Å². The van der Waals surface area contributed by atoms with Crippen LogP contribution < -0.4 is 15.9 Å². The van der Waals surface area contributed by atoms with Crippen LogP contribution in [0.5, 0.6) is 0 Å². The number of unbranched alkanes of at least 4 members (excludes halogenated alkanes) is 2. The molecule has 3 aromatic carbocycles. The molecule has 0 amide bonds. The predicted molar refractivity (Wildman–Crippen MR) is 135 cm³/mol. The van der Waals surface area contributed by atoms with Gasteiger partial charge >= 0.3 is 0 Å². The summed E-state index contributed by atoms with van der Waals surface area (Å²) in [6.07, 6.45) is 5.15. The van der Waals surface area contributed by atoms with E-state index in [1.165, 1.54) is 60.2 Å². The summed E-state index contributed by atoms with van der Waals surface area (Å²) >= 11 is 0. The molecule has 0 saturated carbocycles. The van der Waals surface area contributed by atoms with E-state index in [1.807, 2.05) is 0 Å². The quantitative estimate of drug-likeness (QED) is 0.265. The molecule has 1 nitrogen and oxygen atoms in total. The lowest BCUT2D eigenvalue weighted by molar-refractivity contribution is -0.923. The Balaban J connectivity index is 1.93. The van der Waals surface area contributed by atoms with Crippen molar-refractivity contribution in [3.8, 4) is 0 Å². The van der Waals surface area contributed by atoms with Gasteiger partial charge in [0.25, 0.3) is 0 Å². The van der Waals surface area contributed by atoms with Gasteiger partial charge in [0.2, 0.25) is 0 Å². The van der Waals surface area contributed by atoms with Crippen LogP contribution in [-0.2, 0) is 6.54 Å². The molecule has 158 valence electrons. The molecule has 0 aliphatic rings. The van der Waals surface area contributed by atoms with Crippen molar-refractivity contribution in [3.63, 3.8) is 0 Å². The molecular formula is C28H37NP+. The molecule has 0 atom stereocenters. The van der Waals surface area contributed by atoms with Crippen LogP contribution >= 0.6 is 7.92 Å². The molecule has 0 N–H and O–H groups in total. The zero-order valence-electron chi connectivity index (χ0n) is 18.9. The van der Waals surface area contributed by atoms with Crippen LogP contribution in [0.1, 0.15) is 45.1 Å². The largest absolute Gasteiger partial charge is 0.322 e. The van der Waals surface area contributed by atoms with E-state index < -0.39 is 7.92 Å². The summed E-state index contributed by atoms with van der Waals surface area (Å²) in [4.78, 5) is 0. The van der Waals surface area contributed by atoms with Crippen LogP contribution in [0.15, 0.2) is 84.9 Å². The summed E-state index contributed by atoms with van der Waals surface area (Å²) in [5, 5.41) is 4.30. The zero-order valence-corrected chi connectivity index (χ0v) is 19.8. The third-order valence-corrected chi connectivity index (χ3v) is 8.29. The smallest absolute Gasteiger partial charge is 0.104 e. The molecule has 3 aromatic rings. The zero-order chi connectivity index (χ0) is 21.2. The Labute approximate surface area is 185 Å². The number of rotatable bonds is 11. The Morgan fingerprint density at radius 3 is 1.63 bits per heavy atom. The fraction of sp³-hybridized carbons (Fsp3) is 0.357. The molecule has 0 aliphatic heterocycles. The van der Waals surface area contributed by atoms with Crippen molar-refractivity contribution >= 4 is 23.8 Å². The van der Waals surface area contributed by atoms with Crippen molar-refractivity contribution in [1.82, 2.24) is 0 Å². The van der Waals surface area contributed by atoms with Gasteiger partial charge in [-0.1, -0.05) is 106 Å². The highest BCUT2D eigenvalue weighted by Gasteiger charge is 2.22. The van der Waals surface area contributed by atoms with Gasteiger partial charge in [-0.05, 0) is 42.7 Å². The monoisotopic (exact) mass is 418 g/mol. The van der Waals surface area contributed by atoms with Gasteiger partial charge < -0.3 is 4.48 Å². The van der Waals surface area contributed by atoms with Gasteiger partial charge in [-0.15, -0.1) is 0 Å². The number of hydrogen-bond acceptors (Lipinski definition) is 0. The highest BCUT2D eigenvalue weighted by molar-refractivity contribution is 7.79. The van der Waals surface area contributed by atoms with Crippen molar-refractivity contribution in [3.05, 3.63) is 90.5 Å². The van der Waals surface area contributed by atoms with E-state index >= 15 is 0 Å². The molecule has 0 saturated heterocycles. The highest BCUT2D eigenvalue weighted by Crippen LogP contribution is 2.33. The van der Waals surface area contributed by atoms with Crippen LogP contribution in [0.2, 0.25) is 0 Å². The summed E-state index contributed by atoms with van der Waals surface area (Å²) < 4.78 is 1.15. The van der Waals surface area contributed by atoms with Crippen molar-refractivity contribution < 1.29 is 4.48 Å². The molecule has 0 aliphatic carbocycles. The third-order valence-electron chi connectivity index (χ3n) is 5.86. The van der Waals surface area contributed by atoms with Crippen LogP contribution in [0.3, 0.4) is 0 Å². The Hall–Kier alpha value is -1.95. The van der Waals surface area contributed by atoms with Crippen LogP contribution in [0, 0.1) is 0 Å². The SMILES string of the molecule is CCCC[N+](C)(CCCC)Cc1cccc(P(c2ccccc2)c2ccccc2)c1. The Morgan fingerprint density at radius 1 is 0.633 bits per heavy atom. The van der Waals surface area contributed by atoms with Gasteiger partial charge in [-0.2, -0.15) is 0 Å². The first-order valence-electron chi connectivity index (χ1n) is 11.5. The molecule has 30 heavy (non-hydrogen) atoms. The topological polar surface area (TPSA) is 0 Å². The van der Waals surface area contributed by atoms with Gasteiger partial charge in [0.1, 0.15) is 6.54 Å². The van der Waals surface area contributed by atoms with E-state index in [2.05, 4.69) is 106 Å². The molecule has 0 fully saturated rings. The van der Waals surface area contributed by atoms with E-state index in [9.17, 15) is 0 Å². The Kier molecular flexibility index (Phi) is 8.67. The van der Waals surface area contributed by atoms with Gasteiger partial charge in [-0.25, -0.2) is 0 Å². The second kappa shape index (κ2) is 11.4. The predicted octanol–water partition coefficient (Wildman–Crippen LogP) is 5.99. The normalized spacial score (nSPS) is 11.7. The number of nitrogens with zero attached hydrogens (tertiary/aromatic N) is 1. The minimum Gasteiger partial charge on any atom is -0.322 e. The van der Waals surface area contributed by atoms with E-state index in [0.29, 0.717) is 0 Å². The minimum absolute atomic E-state index is 0.533. The lowest BCUT2D eigenvalue weighted by atomic mass is 10.1. The molecule has 0 heterocycles. The van der Waals surface area contributed by atoms with Crippen LogP contribution in [-0.4, -0.2) is 24.6 Å². The maximum Gasteiger partial charge on any atom is 0.104 e. The Bertz CT molecular complexity index is 828. The molecule has 0 radical (unpaired) electrons. The second-order valence-electron chi connectivity index (χ2n) is 8.61.